The number of benzene rings is 2. The Hall–Kier alpha value is -3.01. The summed E-state index contributed by atoms with van der Waals surface area (Å²) >= 11 is 0. The molecule has 0 aliphatic carbocycles. The average molecular weight is 291 g/mol. The second-order valence-corrected chi connectivity index (χ2v) is 4.85. The summed E-state index contributed by atoms with van der Waals surface area (Å²) in [6, 6.07) is 23.5. The van der Waals surface area contributed by atoms with Crippen LogP contribution in [0.2, 0.25) is 0 Å². The largest absolute Gasteiger partial charge is 0.473 e. The number of nitrogens with two attached hydrogens (primary N) is 1. The van der Waals surface area contributed by atoms with Gasteiger partial charge in [0.2, 0.25) is 5.88 Å². The highest BCUT2D eigenvalue weighted by molar-refractivity contribution is 5.69. The zero-order chi connectivity index (χ0) is 15.2. The Morgan fingerprint density at radius 2 is 1.55 bits per heavy atom. The highest BCUT2D eigenvalue weighted by atomic mass is 16.5. The molecule has 3 N–H and O–H groups in total. The molecule has 1 heterocycles. The first-order valence-electron chi connectivity index (χ1n) is 7.06. The zero-order valence-electron chi connectivity index (χ0n) is 12.1. The summed E-state index contributed by atoms with van der Waals surface area (Å²) in [7, 11) is 0. The standard InChI is InChI=1S/C18H17N3O/c19-18-16(20-15-9-5-2-6-10-15)11-12-17(21-18)22-13-14-7-3-1-4-8-14/h1-12,20H,13H2,(H2,19,21). The second-order valence-electron chi connectivity index (χ2n) is 4.85. The minimum absolute atomic E-state index is 0.411. The average Bonchev–Trinajstić information content (AvgIpc) is 2.57. The molecule has 0 spiro atoms. The molecule has 0 unspecified atom stereocenters. The molecule has 3 rings (SSSR count). The van der Waals surface area contributed by atoms with Gasteiger partial charge in [-0.15, -0.1) is 0 Å². The maximum absolute atomic E-state index is 5.98. The smallest absolute Gasteiger partial charge is 0.215 e. The maximum Gasteiger partial charge on any atom is 0.215 e. The fourth-order valence-electron chi connectivity index (χ4n) is 2.05. The van der Waals surface area contributed by atoms with Crippen LogP contribution in [0.1, 0.15) is 5.56 Å². The summed E-state index contributed by atoms with van der Waals surface area (Å²) in [5, 5.41) is 3.23. The first-order valence-corrected chi connectivity index (χ1v) is 7.06. The van der Waals surface area contributed by atoms with E-state index < -0.39 is 0 Å². The maximum atomic E-state index is 5.98. The number of nitrogens with one attached hydrogen (secondary N) is 1. The Labute approximate surface area is 129 Å². The van der Waals surface area contributed by atoms with Gasteiger partial charge in [0, 0.05) is 11.8 Å². The summed E-state index contributed by atoms with van der Waals surface area (Å²) in [6.07, 6.45) is 0. The lowest BCUT2D eigenvalue weighted by Crippen LogP contribution is -2.02. The number of anilines is 3. The minimum Gasteiger partial charge on any atom is -0.473 e. The monoisotopic (exact) mass is 291 g/mol. The number of rotatable bonds is 5. The molecule has 3 aromatic rings. The number of nitrogen functional groups attached to an aromatic ring is 1. The van der Waals surface area contributed by atoms with Crippen molar-refractivity contribution in [3.8, 4) is 5.88 Å². The molecule has 0 bridgehead atoms. The molecule has 0 saturated heterocycles. The van der Waals surface area contributed by atoms with Crippen LogP contribution in [-0.2, 0) is 6.61 Å². The Morgan fingerprint density at radius 3 is 2.23 bits per heavy atom. The summed E-state index contributed by atoms with van der Waals surface area (Å²) < 4.78 is 5.66. The van der Waals surface area contributed by atoms with Gasteiger partial charge in [-0.2, -0.15) is 4.98 Å². The van der Waals surface area contributed by atoms with E-state index in [9.17, 15) is 0 Å². The lowest BCUT2D eigenvalue weighted by Gasteiger charge is -2.11. The lowest BCUT2D eigenvalue weighted by atomic mass is 10.2. The van der Waals surface area contributed by atoms with Crippen LogP contribution in [0.4, 0.5) is 17.2 Å². The fraction of sp³-hybridized carbons (Fsp3) is 0.0556. The molecule has 0 aliphatic heterocycles. The third-order valence-electron chi connectivity index (χ3n) is 3.18. The number of hydrogen-bond acceptors (Lipinski definition) is 4. The van der Waals surface area contributed by atoms with Crippen molar-refractivity contribution >= 4 is 17.2 Å². The van der Waals surface area contributed by atoms with E-state index in [0.29, 0.717) is 18.3 Å². The quantitative estimate of drug-likeness (QED) is 0.746. The molecular weight excluding hydrogens is 274 g/mol. The van der Waals surface area contributed by atoms with Gasteiger partial charge in [-0.3, -0.25) is 0 Å². The predicted octanol–water partition coefficient (Wildman–Crippen LogP) is 3.99. The van der Waals surface area contributed by atoms with E-state index in [0.717, 1.165) is 16.9 Å². The van der Waals surface area contributed by atoms with Gasteiger partial charge in [0.25, 0.3) is 0 Å². The molecule has 0 fully saturated rings. The van der Waals surface area contributed by atoms with Gasteiger partial charge in [-0.05, 0) is 23.8 Å². The van der Waals surface area contributed by atoms with E-state index >= 15 is 0 Å². The minimum atomic E-state index is 0.411. The Morgan fingerprint density at radius 1 is 0.864 bits per heavy atom. The Kier molecular flexibility index (Phi) is 4.20. The van der Waals surface area contributed by atoms with Crippen LogP contribution >= 0.6 is 0 Å². The van der Waals surface area contributed by atoms with E-state index in [1.165, 1.54) is 0 Å². The highest BCUT2D eigenvalue weighted by Crippen LogP contribution is 2.24. The molecule has 0 amide bonds. The molecule has 22 heavy (non-hydrogen) atoms. The van der Waals surface area contributed by atoms with Crippen LogP contribution in [0.3, 0.4) is 0 Å². The van der Waals surface area contributed by atoms with E-state index in [2.05, 4.69) is 10.3 Å². The summed E-state index contributed by atoms with van der Waals surface area (Å²) in [5.41, 5.74) is 8.81. The summed E-state index contributed by atoms with van der Waals surface area (Å²) in [6.45, 7) is 0.471. The molecule has 4 nitrogen and oxygen atoms in total. The van der Waals surface area contributed by atoms with Crippen molar-refractivity contribution in [3.63, 3.8) is 0 Å². The molecule has 4 heteroatoms. The van der Waals surface area contributed by atoms with Crippen molar-refractivity contribution in [2.24, 2.45) is 0 Å². The molecule has 1 aromatic heterocycles. The van der Waals surface area contributed by atoms with Crippen molar-refractivity contribution in [2.45, 2.75) is 6.61 Å². The molecular formula is C18H17N3O. The van der Waals surface area contributed by atoms with Crippen LogP contribution in [0.15, 0.2) is 72.8 Å². The Balaban J connectivity index is 1.67. The van der Waals surface area contributed by atoms with Crippen LogP contribution in [0.25, 0.3) is 0 Å². The summed E-state index contributed by atoms with van der Waals surface area (Å²) in [4.78, 5) is 4.28. The number of nitrogens with zero attached hydrogens (tertiary/aromatic N) is 1. The van der Waals surface area contributed by atoms with Crippen LogP contribution < -0.4 is 15.8 Å². The van der Waals surface area contributed by atoms with E-state index in [1.807, 2.05) is 72.8 Å². The second kappa shape index (κ2) is 6.63. The normalized spacial score (nSPS) is 10.2. The van der Waals surface area contributed by atoms with Crippen LogP contribution in [0, 0.1) is 0 Å². The number of pyridine rings is 1. The molecule has 2 aromatic carbocycles. The van der Waals surface area contributed by atoms with Gasteiger partial charge in [-0.1, -0.05) is 48.5 Å². The molecule has 0 atom stereocenters. The van der Waals surface area contributed by atoms with E-state index in [4.69, 9.17) is 10.5 Å². The van der Waals surface area contributed by atoms with Crippen molar-refractivity contribution < 1.29 is 4.74 Å². The van der Waals surface area contributed by atoms with Crippen molar-refractivity contribution in [3.05, 3.63) is 78.4 Å². The van der Waals surface area contributed by atoms with Crippen molar-refractivity contribution in [1.29, 1.82) is 0 Å². The van der Waals surface area contributed by atoms with Gasteiger partial charge >= 0.3 is 0 Å². The van der Waals surface area contributed by atoms with Crippen molar-refractivity contribution in [1.82, 2.24) is 4.98 Å². The van der Waals surface area contributed by atoms with Gasteiger partial charge in [0.1, 0.15) is 6.61 Å². The zero-order valence-corrected chi connectivity index (χ0v) is 12.1. The third kappa shape index (κ3) is 3.55. The number of ether oxygens (including phenoxy) is 1. The fourth-order valence-corrected chi connectivity index (χ4v) is 2.05. The summed E-state index contributed by atoms with van der Waals surface area (Å²) in [5.74, 6) is 0.925. The predicted molar refractivity (Wildman–Crippen MR) is 89.1 cm³/mol. The van der Waals surface area contributed by atoms with Crippen LogP contribution in [0.5, 0.6) is 5.88 Å². The lowest BCUT2D eigenvalue weighted by molar-refractivity contribution is 0.294. The third-order valence-corrected chi connectivity index (χ3v) is 3.18. The number of hydrogen-bond donors (Lipinski definition) is 2. The first kappa shape index (κ1) is 13.9. The number of aromatic nitrogens is 1. The van der Waals surface area contributed by atoms with Gasteiger partial charge in [-0.25, -0.2) is 0 Å². The topological polar surface area (TPSA) is 60.2 Å². The number of para-hydroxylation sites is 1. The van der Waals surface area contributed by atoms with E-state index in [-0.39, 0.29) is 0 Å². The first-order chi connectivity index (χ1) is 10.8. The van der Waals surface area contributed by atoms with Gasteiger partial charge in [0.15, 0.2) is 5.82 Å². The van der Waals surface area contributed by atoms with Gasteiger partial charge in [0.05, 0.1) is 5.69 Å². The van der Waals surface area contributed by atoms with Crippen molar-refractivity contribution in [2.75, 3.05) is 11.1 Å². The molecule has 110 valence electrons. The Bertz CT molecular complexity index is 730. The SMILES string of the molecule is Nc1nc(OCc2ccccc2)ccc1Nc1ccccc1. The van der Waals surface area contributed by atoms with E-state index in [1.54, 1.807) is 0 Å². The molecule has 0 aliphatic rings. The van der Waals surface area contributed by atoms with Crippen LogP contribution in [-0.4, -0.2) is 4.98 Å². The van der Waals surface area contributed by atoms with Gasteiger partial charge < -0.3 is 15.8 Å². The molecule has 0 saturated carbocycles. The molecule has 0 radical (unpaired) electrons. The highest BCUT2D eigenvalue weighted by Gasteiger charge is 2.04.